The molecule has 0 radical (unpaired) electrons. The number of nitrogens with one attached hydrogen (secondary N) is 3. The molecule has 0 aliphatic rings. The standard InChI is InChI=1S/C19H19F2N7O2S.ClH/c1-10-16(18(30)26-11-3-4-12(20)13(21)7-11)19(31-28-10)27-15-9-24-14(8-25-15)17(29)23-6-2-5-22;/h3-4,7-9H,2,5-6,22H2,1H3,(H,23,29)(H,25,27)(H,26,30);1H. The van der Waals surface area contributed by atoms with E-state index >= 15 is 0 Å². The lowest BCUT2D eigenvalue weighted by molar-refractivity contribution is 0.0947. The van der Waals surface area contributed by atoms with Gasteiger partial charge in [0.1, 0.15) is 16.5 Å². The van der Waals surface area contributed by atoms with Crippen LogP contribution < -0.4 is 21.7 Å². The molecule has 2 amide bonds. The molecule has 0 fully saturated rings. The molecule has 32 heavy (non-hydrogen) atoms. The van der Waals surface area contributed by atoms with E-state index in [9.17, 15) is 18.4 Å². The Morgan fingerprint density at radius 1 is 1.12 bits per heavy atom. The molecule has 3 rings (SSSR count). The predicted molar refractivity (Wildman–Crippen MR) is 120 cm³/mol. The number of nitrogens with two attached hydrogens (primary N) is 1. The van der Waals surface area contributed by atoms with Crippen LogP contribution in [0.5, 0.6) is 0 Å². The average Bonchev–Trinajstić information content (AvgIpc) is 3.11. The van der Waals surface area contributed by atoms with Crippen LogP contribution in [0.2, 0.25) is 0 Å². The van der Waals surface area contributed by atoms with E-state index in [4.69, 9.17) is 5.73 Å². The second-order valence-corrected chi connectivity index (χ2v) is 7.14. The fourth-order valence-corrected chi connectivity index (χ4v) is 3.31. The number of carbonyl (C=O) groups excluding carboxylic acids is 2. The van der Waals surface area contributed by atoms with Crippen molar-refractivity contribution in [2.45, 2.75) is 13.3 Å². The first kappa shape index (κ1) is 25.0. The van der Waals surface area contributed by atoms with Gasteiger partial charge in [-0.25, -0.2) is 18.7 Å². The van der Waals surface area contributed by atoms with Crippen LogP contribution in [0.1, 0.15) is 33.0 Å². The summed E-state index contributed by atoms with van der Waals surface area (Å²) in [5.41, 5.74) is 6.29. The lowest BCUT2D eigenvalue weighted by Gasteiger charge is -2.09. The number of rotatable bonds is 8. The van der Waals surface area contributed by atoms with Crippen LogP contribution in [-0.2, 0) is 0 Å². The quantitative estimate of drug-likeness (QED) is 0.362. The topological polar surface area (TPSA) is 135 Å². The molecule has 0 bridgehead atoms. The van der Waals surface area contributed by atoms with Gasteiger partial charge in [0.05, 0.1) is 23.7 Å². The summed E-state index contributed by atoms with van der Waals surface area (Å²) < 4.78 is 30.6. The summed E-state index contributed by atoms with van der Waals surface area (Å²) in [6.07, 6.45) is 3.30. The van der Waals surface area contributed by atoms with E-state index < -0.39 is 17.5 Å². The van der Waals surface area contributed by atoms with Crippen molar-refractivity contribution in [1.82, 2.24) is 19.7 Å². The molecule has 2 aromatic heterocycles. The Hall–Kier alpha value is -3.22. The van der Waals surface area contributed by atoms with Gasteiger partial charge in [-0.3, -0.25) is 9.59 Å². The predicted octanol–water partition coefficient (Wildman–Crippen LogP) is 3.02. The Labute approximate surface area is 192 Å². The normalized spacial score (nSPS) is 10.2. The molecular formula is C19H20ClF2N7O2S. The summed E-state index contributed by atoms with van der Waals surface area (Å²) in [6.45, 7) is 2.55. The van der Waals surface area contributed by atoms with E-state index in [2.05, 4.69) is 30.3 Å². The third-order valence-electron chi connectivity index (χ3n) is 4.06. The van der Waals surface area contributed by atoms with E-state index in [1.165, 1.54) is 18.5 Å². The average molecular weight is 484 g/mol. The SMILES string of the molecule is Cc1nsc(Nc2cnc(C(=O)NCCCN)cn2)c1C(=O)Nc1ccc(F)c(F)c1.Cl. The maximum absolute atomic E-state index is 13.4. The molecule has 3 aromatic rings. The van der Waals surface area contributed by atoms with Crippen molar-refractivity contribution >= 4 is 52.3 Å². The summed E-state index contributed by atoms with van der Waals surface area (Å²) >= 11 is 1.02. The second-order valence-electron chi connectivity index (χ2n) is 6.37. The molecule has 0 saturated heterocycles. The fraction of sp³-hybridized carbons (Fsp3) is 0.211. The highest BCUT2D eigenvalue weighted by Crippen LogP contribution is 2.28. The number of aryl methyl sites for hydroxylation is 1. The van der Waals surface area contributed by atoms with E-state index in [1.807, 2.05) is 0 Å². The summed E-state index contributed by atoms with van der Waals surface area (Å²) in [7, 11) is 0. The van der Waals surface area contributed by atoms with Crippen LogP contribution in [0.3, 0.4) is 0 Å². The van der Waals surface area contributed by atoms with Crippen LogP contribution >= 0.6 is 23.9 Å². The number of aromatic nitrogens is 3. The van der Waals surface area contributed by atoms with Crippen molar-refractivity contribution < 1.29 is 18.4 Å². The number of halogens is 3. The number of nitrogens with zero attached hydrogens (tertiary/aromatic N) is 3. The molecule has 1 aromatic carbocycles. The minimum Gasteiger partial charge on any atom is -0.351 e. The number of carbonyl (C=O) groups is 2. The Bertz CT molecular complexity index is 1100. The lowest BCUT2D eigenvalue weighted by atomic mass is 10.2. The highest BCUT2D eigenvalue weighted by atomic mass is 35.5. The molecule has 0 spiro atoms. The molecule has 0 atom stereocenters. The largest absolute Gasteiger partial charge is 0.351 e. The van der Waals surface area contributed by atoms with Gasteiger partial charge in [0.2, 0.25) is 0 Å². The van der Waals surface area contributed by atoms with Crippen molar-refractivity contribution in [3.05, 3.63) is 59.2 Å². The van der Waals surface area contributed by atoms with Crippen LogP contribution in [0, 0.1) is 18.6 Å². The summed E-state index contributed by atoms with van der Waals surface area (Å²) in [5, 5.41) is 8.50. The van der Waals surface area contributed by atoms with E-state index in [-0.39, 0.29) is 35.3 Å². The zero-order chi connectivity index (χ0) is 22.4. The van der Waals surface area contributed by atoms with Crippen LogP contribution in [0.25, 0.3) is 0 Å². The lowest BCUT2D eigenvalue weighted by Crippen LogP contribution is -2.26. The van der Waals surface area contributed by atoms with Gasteiger partial charge in [-0.15, -0.1) is 12.4 Å². The minimum absolute atomic E-state index is 0. The minimum atomic E-state index is -1.07. The van der Waals surface area contributed by atoms with Crippen molar-refractivity contribution in [1.29, 1.82) is 0 Å². The molecule has 5 N–H and O–H groups in total. The maximum atomic E-state index is 13.4. The fourth-order valence-electron chi connectivity index (χ4n) is 2.51. The van der Waals surface area contributed by atoms with Gasteiger partial charge in [0.25, 0.3) is 11.8 Å². The highest BCUT2D eigenvalue weighted by Gasteiger charge is 2.20. The zero-order valence-electron chi connectivity index (χ0n) is 16.8. The molecule has 0 unspecified atom stereocenters. The van der Waals surface area contributed by atoms with Crippen molar-refractivity contribution in [2.75, 3.05) is 23.7 Å². The molecular weight excluding hydrogens is 464 g/mol. The van der Waals surface area contributed by atoms with Gasteiger partial charge in [-0.05, 0) is 43.6 Å². The molecule has 13 heteroatoms. The number of anilines is 3. The van der Waals surface area contributed by atoms with Gasteiger partial charge < -0.3 is 21.7 Å². The zero-order valence-corrected chi connectivity index (χ0v) is 18.4. The number of benzene rings is 1. The van der Waals surface area contributed by atoms with Crippen LogP contribution in [0.15, 0.2) is 30.6 Å². The van der Waals surface area contributed by atoms with Crippen molar-refractivity contribution in [3.63, 3.8) is 0 Å². The van der Waals surface area contributed by atoms with Gasteiger partial charge in [-0.2, -0.15) is 4.37 Å². The number of hydrogen-bond acceptors (Lipinski definition) is 8. The number of hydrogen-bond donors (Lipinski definition) is 4. The van der Waals surface area contributed by atoms with Crippen LogP contribution in [0.4, 0.5) is 25.3 Å². The summed E-state index contributed by atoms with van der Waals surface area (Å²) in [4.78, 5) is 32.8. The first-order valence-corrected chi connectivity index (χ1v) is 9.96. The van der Waals surface area contributed by atoms with Gasteiger partial charge in [0.15, 0.2) is 11.6 Å². The first-order chi connectivity index (χ1) is 14.9. The number of amides is 2. The van der Waals surface area contributed by atoms with Gasteiger partial charge in [-0.1, -0.05) is 0 Å². The Morgan fingerprint density at radius 3 is 2.56 bits per heavy atom. The molecule has 0 saturated carbocycles. The monoisotopic (exact) mass is 483 g/mol. The van der Waals surface area contributed by atoms with Crippen LogP contribution in [-0.4, -0.2) is 39.2 Å². The second kappa shape index (κ2) is 11.4. The first-order valence-electron chi connectivity index (χ1n) is 9.19. The molecule has 9 nitrogen and oxygen atoms in total. The molecule has 2 heterocycles. The Morgan fingerprint density at radius 2 is 1.91 bits per heavy atom. The smallest absolute Gasteiger partial charge is 0.271 e. The Balaban J connectivity index is 0.00000363. The molecule has 170 valence electrons. The van der Waals surface area contributed by atoms with Gasteiger partial charge in [0, 0.05) is 18.3 Å². The van der Waals surface area contributed by atoms with Gasteiger partial charge >= 0.3 is 0 Å². The third-order valence-corrected chi connectivity index (χ3v) is 4.91. The summed E-state index contributed by atoms with van der Waals surface area (Å²) in [6, 6.07) is 3.06. The highest BCUT2D eigenvalue weighted by molar-refractivity contribution is 7.10. The van der Waals surface area contributed by atoms with E-state index in [0.29, 0.717) is 36.0 Å². The maximum Gasteiger partial charge on any atom is 0.271 e. The van der Waals surface area contributed by atoms with E-state index in [0.717, 1.165) is 23.7 Å². The third kappa shape index (κ3) is 6.15. The van der Waals surface area contributed by atoms with Crippen molar-refractivity contribution in [3.8, 4) is 0 Å². The molecule has 0 aliphatic heterocycles. The van der Waals surface area contributed by atoms with Crippen molar-refractivity contribution in [2.24, 2.45) is 5.73 Å². The summed E-state index contributed by atoms with van der Waals surface area (Å²) in [5.74, 6) is -2.71. The van der Waals surface area contributed by atoms with E-state index in [1.54, 1.807) is 6.92 Å². The molecule has 0 aliphatic carbocycles. The Kier molecular flexibility index (Phi) is 8.93.